The van der Waals surface area contributed by atoms with Crippen LogP contribution in [0.2, 0.25) is 0 Å². The first-order chi connectivity index (χ1) is 11.7. The number of hydrogen-bond acceptors (Lipinski definition) is 5. The Morgan fingerprint density at radius 2 is 1.68 bits per heavy atom. The number of nitrogens with two attached hydrogens (primary N) is 2. The van der Waals surface area contributed by atoms with Crippen molar-refractivity contribution in [3.05, 3.63) is 0 Å². The molecule has 146 valence electrons. The molecule has 0 aliphatic heterocycles. The summed E-state index contributed by atoms with van der Waals surface area (Å²) in [4.78, 5) is 39.9. The standard InChI is InChI=1S/C17H34N4O3S/c1-6-7-15(22)20(4)14(11-25-9-8-18)17(24)21(5)13(16(19)23)10-12(2)3/h12-14H,6-11,18H2,1-5H3,(H2,19,23)/t13-,14+/m0/s1. The summed E-state index contributed by atoms with van der Waals surface area (Å²) >= 11 is 1.52. The fourth-order valence-electron chi connectivity index (χ4n) is 2.49. The van der Waals surface area contributed by atoms with E-state index in [4.69, 9.17) is 11.5 Å². The van der Waals surface area contributed by atoms with Crippen LogP contribution in [0, 0.1) is 5.92 Å². The first-order valence-corrected chi connectivity index (χ1v) is 9.92. The van der Waals surface area contributed by atoms with Gasteiger partial charge in [0, 0.05) is 38.6 Å². The molecule has 0 unspecified atom stereocenters. The zero-order valence-corrected chi connectivity index (χ0v) is 17.0. The Balaban J connectivity index is 5.33. The molecule has 25 heavy (non-hydrogen) atoms. The number of thioether (sulfide) groups is 1. The first-order valence-electron chi connectivity index (χ1n) is 8.76. The van der Waals surface area contributed by atoms with Crippen LogP contribution in [0.15, 0.2) is 0 Å². The third-order valence-electron chi connectivity index (χ3n) is 3.99. The van der Waals surface area contributed by atoms with E-state index >= 15 is 0 Å². The molecule has 0 aromatic rings. The molecule has 4 N–H and O–H groups in total. The summed E-state index contributed by atoms with van der Waals surface area (Å²) in [6, 6.07) is -1.31. The van der Waals surface area contributed by atoms with Crippen LogP contribution in [0.25, 0.3) is 0 Å². The number of hydrogen-bond donors (Lipinski definition) is 2. The number of amides is 3. The SMILES string of the molecule is CCCC(=O)N(C)[C@H](CSCCN)C(=O)N(C)[C@@H](CC(C)C)C(N)=O. The van der Waals surface area contributed by atoms with Crippen molar-refractivity contribution in [2.75, 3.05) is 32.1 Å². The van der Waals surface area contributed by atoms with Crippen molar-refractivity contribution in [1.82, 2.24) is 9.80 Å². The van der Waals surface area contributed by atoms with Crippen LogP contribution in [0.5, 0.6) is 0 Å². The third kappa shape index (κ3) is 8.09. The van der Waals surface area contributed by atoms with Crippen LogP contribution < -0.4 is 11.5 Å². The average Bonchev–Trinajstić information content (AvgIpc) is 2.54. The molecule has 0 saturated carbocycles. The van der Waals surface area contributed by atoms with Gasteiger partial charge in [-0.3, -0.25) is 14.4 Å². The van der Waals surface area contributed by atoms with Gasteiger partial charge >= 0.3 is 0 Å². The van der Waals surface area contributed by atoms with Gasteiger partial charge in [0.25, 0.3) is 0 Å². The van der Waals surface area contributed by atoms with Gasteiger partial charge < -0.3 is 21.3 Å². The lowest BCUT2D eigenvalue weighted by molar-refractivity contribution is -0.146. The number of nitrogens with zero attached hydrogens (tertiary/aromatic N) is 2. The fraction of sp³-hybridized carbons (Fsp3) is 0.824. The van der Waals surface area contributed by atoms with E-state index in [9.17, 15) is 14.4 Å². The van der Waals surface area contributed by atoms with Crippen molar-refractivity contribution in [1.29, 1.82) is 0 Å². The zero-order chi connectivity index (χ0) is 19.6. The molecular formula is C17H34N4O3S. The van der Waals surface area contributed by atoms with Gasteiger partial charge in [-0.1, -0.05) is 20.8 Å². The number of carbonyl (C=O) groups is 3. The van der Waals surface area contributed by atoms with Crippen LogP contribution in [0.4, 0.5) is 0 Å². The number of primary amides is 1. The Labute approximate surface area is 155 Å². The summed E-state index contributed by atoms with van der Waals surface area (Å²) in [6.45, 7) is 6.37. The van der Waals surface area contributed by atoms with Crippen LogP contribution in [-0.2, 0) is 14.4 Å². The van der Waals surface area contributed by atoms with E-state index in [2.05, 4.69) is 0 Å². The zero-order valence-electron chi connectivity index (χ0n) is 16.2. The van der Waals surface area contributed by atoms with Crippen molar-refractivity contribution < 1.29 is 14.4 Å². The minimum atomic E-state index is -0.677. The molecule has 0 aromatic heterocycles. The lowest BCUT2D eigenvalue weighted by Crippen LogP contribution is -2.55. The van der Waals surface area contributed by atoms with Gasteiger partial charge in [-0.25, -0.2) is 0 Å². The van der Waals surface area contributed by atoms with E-state index in [1.54, 1.807) is 14.1 Å². The molecule has 0 heterocycles. The molecule has 2 atom stereocenters. The monoisotopic (exact) mass is 374 g/mol. The highest BCUT2D eigenvalue weighted by atomic mass is 32.2. The van der Waals surface area contributed by atoms with E-state index in [1.807, 2.05) is 20.8 Å². The van der Waals surface area contributed by atoms with Crippen molar-refractivity contribution in [3.63, 3.8) is 0 Å². The van der Waals surface area contributed by atoms with E-state index in [0.717, 1.165) is 0 Å². The maximum Gasteiger partial charge on any atom is 0.246 e. The molecule has 0 rings (SSSR count). The van der Waals surface area contributed by atoms with Crippen molar-refractivity contribution in [3.8, 4) is 0 Å². The highest BCUT2D eigenvalue weighted by molar-refractivity contribution is 7.99. The van der Waals surface area contributed by atoms with Crippen LogP contribution in [-0.4, -0.2) is 71.8 Å². The maximum atomic E-state index is 13.0. The van der Waals surface area contributed by atoms with Gasteiger partial charge in [-0.15, -0.1) is 0 Å². The highest BCUT2D eigenvalue weighted by Crippen LogP contribution is 2.16. The summed E-state index contributed by atoms with van der Waals surface area (Å²) < 4.78 is 0. The Kier molecular flexibility index (Phi) is 11.5. The number of rotatable bonds is 12. The normalized spacial score (nSPS) is 13.4. The summed E-state index contributed by atoms with van der Waals surface area (Å²) in [7, 11) is 3.22. The summed E-state index contributed by atoms with van der Waals surface area (Å²) in [5.74, 6) is 0.495. The second kappa shape index (κ2) is 12.1. The quantitative estimate of drug-likeness (QED) is 0.488. The van der Waals surface area contributed by atoms with Crippen molar-refractivity contribution >= 4 is 29.5 Å². The lowest BCUT2D eigenvalue weighted by Gasteiger charge is -2.34. The Morgan fingerprint density at radius 3 is 2.12 bits per heavy atom. The molecular weight excluding hydrogens is 340 g/mol. The van der Waals surface area contributed by atoms with E-state index in [-0.39, 0.29) is 17.7 Å². The minimum absolute atomic E-state index is 0.0814. The molecule has 0 saturated heterocycles. The van der Waals surface area contributed by atoms with Gasteiger partial charge in [-0.2, -0.15) is 11.8 Å². The Morgan fingerprint density at radius 1 is 1.08 bits per heavy atom. The molecule has 3 amide bonds. The summed E-state index contributed by atoms with van der Waals surface area (Å²) in [5, 5.41) is 0. The smallest absolute Gasteiger partial charge is 0.246 e. The Bertz CT molecular complexity index is 446. The molecule has 0 aliphatic carbocycles. The second-order valence-electron chi connectivity index (χ2n) is 6.63. The third-order valence-corrected chi connectivity index (χ3v) is 5.06. The fourth-order valence-corrected chi connectivity index (χ4v) is 3.41. The number of carbonyl (C=O) groups excluding carboxylic acids is 3. The lowest BCUT2D eigenvalue weighted by atomic mass is 10.0. The first kappa shape index (κ1) is 23.7. The van der Waals surface area contributed by atoms with Crippen molar-refractivity contribution in [2.24, 2.45) is 17.4 Å². The maximum absolute atomic E-state index is 13.0. The molecule has 0 aromatic carbocycles. The Hall–Kier alpha value is -1.28. The molecule has 0 bridgehead atoms. The molecule has 0 fully saturated rings. The van der Waals surface area contributed by atoms with Gasteiger partial charge in [0.05, 0.1) is 0 Å². The van der Waals surface area contributed by atoms with E-state index in [1.165, 1.54) is 21.6 Å². The van der Waals surface area contributed by atoms with Crippen LogP contribution >= 0.6 is 11.8 Å². The predicted molar refractivity (Wildman–Crippen MR) is 103 cm³/mol. The van der Waals surface area contributed by atoms with Crippen LogP contribution in [0.3, 0.4) is 0 Å². The van der Waals surface area contributed by atoms with E-state index < -0.39 is 18.0 Å². The average molecular weight is 375 g/mol. The van der Waals surface area contributed by atoms with Gasteiger partial charge in [-0.05, 0) is 18.8 Å². The molecule has 8 heteroatoms. The van der Waals surface area contributed by atoms with Gasteiger partial charge in [0.15, 0.2) is 0 Å². The summed E-state index contributed by atoms with van der Waals surface area (Å²) in [5.41, 5.74) is 11.0. The van der Waals surface area contributed by atoms with Crippen molar-refractivity contribution in [2.45, 2.75) is 52.1 Å². The minimum Gasteiger partial charge on any atom is -0.368 e. The topological polar surface area (TPSA) is 110 Å². The van der Waals surface area contributed by atoms with Gasteiger partial charge in [0.1, 0.15) is 12.1 Å². The highest BCUT2D eigenvalue weighted by Gasteiger charge is 2.33. The molecule has 0 radical (unpaired) electrons. The molecule has 7 nitrogen and oxygen atoms in total. The summed E-state index contributed by atoms with van der Waals surface area (Å²) in [6.07, 6.45) is 1.59. The largest absolute Gasteiger partial charge is 0.368 e. The molecule has 0 aliphatic rings. The second-order valence-corrected chi connectivity index (χ2v) is 7.78. The van der Waals surface area contributed by atoms with Gasteiger partial charge in [0.2, 0.25) is 17.7 Å². The van der Waals surface area contributed by atoms with Crippen LogP contribution in [0.1, 0.15) is 40.0 Å². The number of likely N-dealkylation sites (N-methyl/N-ethyl adjacent to an activating group) is 2. The predicted octanol–water partition coefficient (Wildman–Crippen LogP) is 0.664. The van der Waals surface area contributed by atoms with E-state index in [0.29, 0.717) is 37.3 Å². The molecule has 0 spiro atoms.